The number of ether oxygens (including phenoxy) is 1. The molecule has 0 aliphatic heterocycles. The molecule has 5 heteroatoms. The Hall–Kier alpha value is -1.33. The van der Waals surface area contributed by atoms with E-state index in [1.807, 2.05) is 20.0 Å². The number of halogens is 2. The predicted molar refractivity (Wildman–Crippen MR) is 74.6 cm³/mol. The number of rotatable bonds is 5. The first-order chi connectivity index (χ1) is 9.10. The van der Waals surface area contributed by atoms with Crippen LogP contribution in [0.15, 0.2) is 33.2 Å². The number of nitrogens with one attached hydrogen (secondary N) is 1. The van der Waals surface area contributed by atoms with Crippen LogP contribution in [0.1, 0.15) is 17.1 Å². The molecule has 0 spiro atoms. The fourth-order valence-corrected chi connectivity index (χ4v) is 2.10. The molecule has 0 saturated carbocycles. The highest BCUT2D eigenvalue weighted by molar-refractivity contribution is 9.10. The molecule has 0 aliphatic rings. The minimum Gasteiger partial charge on any atom is -0.487 e. The fraction of sp³-hybridized carbons (Fsp3) is 0.286. The van der Waals surface area contributed by atoms with Crippen LogP contribution in [0, 0.1) is 12.7 Å². The zero-order valence-electron chi connectivity index (χ0n) is 10.8. The topological polar surface area (TPSA) is 34.4 Å². The van der Waals surface area contributed by atoms with E-state index in [-0.39, 0.29) is 5.82 Å². The first-order valence-corrected chi connectivity index (χ1v) is 6.70. The molecule has 0 bridgehead atoms. The zero-order chi connectivity index (χ0) is 13.8. The molecule has 0 amide bonds. The maximum Gasteiger partial charge on any atom is 0.136 e. The second-order valence-corrected chi connectivity index (χ2v) is 5.04. The Morgan fingerprint density at radius 2 is 2.16 bits per heavy atom. The SMILES string of the molecule is CNCc1cc(COc2cc(F)ccc2Br)c(C)o1. The van der Waals surface area contributed by atoms with Crippen molar-refractivity contribution in [1.29, 1.82) is 0 Å². The lowest BCUT2D eigenvalue weighted by atomic mass is 10.2. The van der Waals surface area contributed by atoms with Gasteiger partial charge in [-0.15, -0.1) is 0 Å². The van der Waals surface area contributed by atoms with E-state index in [9.17, 15) is 4.39 Å². The van der Waals surface area contributed by atoms with Gasteiger partial charge in [0.2, 0.25) is 0 Å². The van der Waals surface area contributed by atoms with Crippen LogP contribution < -0.4 is 10.1 Å². The van der Waals surface area contributed by atoms with Gasteiger partial charge in [-0.2, -0.15) is 0 Å². The average molecular weight is 328 g/mol. The van der Waals surface area contributed by atoms with Crippen LogP contribution in [0.5, 0.6) is 5.75 Å². The van der Waals surface area contributed by atoms with Crippen LogP contribution in [0.3, 0.4) is 0 Å². The smallest absolute Gasteiger partial charge is 0.136 e. The van der Waals surface area contributed by atoms with Gasteiger partial charge in [-0.1, -0.05) is 0 Å². The maximum atomic E-state index is 13.1. The largest absolute Gasteiger partial charge is 0.487 e. The van der Waals surface area contributed by atoms with E-state index < -0.39 is 0 Å². The number of furan rings is 1. The second-order valence-electron chi connectivity index (χ2n) is 4.19. The summed E-state index contributed by atoms with van der Waals surface area (Å²) >= 11 is 3.33. The van der Waals surface area contributed by atoms with Crippen molar-refractivity contribution in [3.8, 4) is 5.75 Å². The Bertz CT molecular complexity index is 569. The van der Waals surface area contributed by atoms with Gasteiger partial charge in [0.25, 0.3) is 0 Å². The van der Waals surface area contributed by atoms with Crippen LogP contribution in [-0.2, 0) is 13.2 Å². The fourth-order valence-electron chi connectivity index (χ4n) is 1.74. The van der Waals surface area contributed by atoms with Crippen LogP contribution in [0.25, 0.3) is 0 Å². The van der Waals surface area contributed by atoms with E-state index in [4.69, 9.17) is 9.15 Å². The van der Waals surface area contributed by atoms with Crippen molar-refractivity contribution in [3.63, 3.8) is 0 Å². The van der Waals surface area contributed by atoms with Crippen molar-refractivity contribution >= 4 is 15.9 Å². The lowest BCUT2D eigenvalue weighted by Crippen LogP contribution is -2.03. The van der Waals surface area contributed by atoms with Crippen molar-refractivity contribution < 1.29 is 13.5 Å². The Kier molecular flexibility index (Phi) is 4.61. The van der Waals surface area contributed by atoms with E-state index in [0.717, 1.165) is 21.6 Å². The summed E-state index contributed by atoms with van der Waals surface area (Å²) in [5, 5.41) is 3.02. The van der Waals surface area contributed by atoms with Crippen molar-refractivity contribution in [2.45, 2.75) is 20.1 Å². The summed E-state index contributed by atoms with van der Waals surface area (Å²) in [5.41, 5.74) is 0.960. The summed E-state index contributed by atoms with van der Waals surface area (Å²) in [6.07, 6.45) is 0. The van der Waals surface area contributed by atoms with Gasteiger partial charge in [0.1, 0.15) is 29.7 Å². The lowest BCUT2D eigenvalue weighted by molar-refractivity contribution is 0.299. The Labute approximate surface area is 119 Å². The molecule has 0 radical (unpaired) electrons. The molecular weight excluding hydrogens is 313 g/mol. The lowest BCUT2D eigenvalue weighted by Gasteiger charge is -2.07. The Morgan fingerprint density at radius 3 is 2.89 bits per heavy atom. The molecular formula is C14H15BrFNO2. The zero-order valence-corrected chi connectivity index (χ0v) is 12.4. The molecule has 0 fully saturated rings. The van der Waals surface area contributed by atoms with Gasteiger partial charge < -0.3 is 14.5 Å². The van der Waals surface area contributed by atoms with Crippen LogP contribution >= 0.6 is 15.9 Å². The summed E-state index contributed by atoms with van der Waals surface area (Å²) in [5.74, 6) is 1.84. The quantitative estimate of drug-likeness (QED) is 0.907. The van der Waals surface area contributed by atoms with Gasteiger partial charge in [-0.25, -0.2) is 4.39 Å². The minimum atomic E-state index is -0.321. The highest BCUT2D eigenvalue weighted by Gasteiger charge is 2.09. The third kappa shape index (κ3) is 3.58. The second kappa shape index (κ2) is 6.21. The highest BCUT2D eigenvalue weighted by Crippen LogP contribution is 2.27. The monoisotopic (exact) mass is 327 g/mol. The van der Waals surface area contributed by atoms with E-state index >= 15 is 0 Å². The predicted octanol–water partition coefficient (Wildman–Crippen LogP) is 3.79. The minimum absolute atomic E-state index is 0.321. The van der Waals surface area contributed by atoms with Crippen LogP contribution in [-0.4, -0.2) is 7.05 Å². The number of benzene rings is 1. The van der Waals surface area contributed by atoms with Gasteiger partial charge in [-0.05, 0) is 48.1 Å². The molecule has 0 saturated heterocycles. The summed E-state index contributed by atoms with van der Waals surface area (Å²) in [4.78, 5) is 0. The maximum absolute atomic E-state index is 13.1. The Balaban J connectivity index is 2.07. The number of hydrogen-bond acceptors (Lipinski definition) is 3. The molecule has 1 heterocycles. The highest BCUT2D eigenvalue weighted by atomic mass is 79.9. The summed E-state index contributed by atoms with van der Waals surface area (Å²) < 4.78 is 25.0. The molecule has 102 valence electrons. The first-order valence-electron chi connectivity index (χ1n) is 5.91. The summed E-state index contributed by atoms with van der Waals surface area (Å²) in [6.45, 7) is 2.91. The molecule has 1 aromatic heterocycles. The van der Waals surface area contributed by atoms with Gasteiger partial charge in [-0.3, -0.25) is 0 Å². The summed E-state index contributed by atoms with van der Waals surface area (Å²) in [7, 11) is 1.86. The number of hydrogen-bond donors (Lipinski definition) is 1. The van der Waals surface area contributed by atoms with E-state index in [2.05, 4.69) is 21.2 Å². The van der Waals surface area contributed by atoms with Gasteiger partial charge >= 0.3 is 0 Å². The molecule has 2 rings (SSSR count). The average Bonchev–Trinajstić information content (AvgIpc) is 2.71. The first kappa shape index (κ1) is 14.1. The molecule has 1 N–H and O–H groups in total. The molecule has 0 aliphatic carbocycles. The number of aryl methyl sites for hydroxylation is 1. The Morgan fingerprint density at radius 1 is 1.37 bits per heavy atom. The third-order valence-corrected chi connectivity index (χ3v) is 3.35. The van der Waals surface area contributed by atoms with Crippen molar-refractivity contribution in [1.82, 2.24) is 5.32 Å². The molecule has 19 heavy (non-hydrogen) atoms. The van der Waals surface area contributed by atoms with E-state index in [1.54, 1.807) is 6.07 Å². The molecule has 0 atom stereocenters. The van der Waals surface area contributed by atoms with Gasteiger partial charge in [0.15, 0.2) is 0 Å². The molecule has 2 aromatic rings. The standard InChI is InChI=1S/C14H15BrFNO2/c1-9-10(5-12(19-9)7-17-2)8-18-14-6-11(16)3-4-13(14)15/h3-6,17H,7-8H2,1-2H3. The van der Waals surface area contributed by atoms with E-state index in [0.29, 0.717) is 18.9 Å². The third-order valence-electron chi connectivity index (χ3n) is 2.70. The van der Waals surface area contributed by atoms with Crippen molar-refractivity contribution in [3.05, 3.63) is 51.6 Å². The summed E-state index contributed by atoms with van der Waals surface area (Å²) in [6, 6.07) is 6.30. The van der Waals surface area contributed by atoms with Crippen molar-refractivity contribution in [2.24, 2.45) is 0 Å². The molecule has 3 nitrogen and oxygen atoms in total. The molecule has 1 aromatic carbocycles. The van der Waals surface area contributed by atoms with Crippen LogP contribution in [0.2, 0.25) is 0 Å². The van der Waals surface area contributed by atoms with Crippen molar-refractivity contribution in [2.75, 3.05) is 7.05 Å². The molecule has 0 unspecified atom stereocenters. The van der Waals surface area contributed by atoms with Crippen LogP contribution in [0.4, 0.5) is 4.39 Å². The van der Waals surface area contributed by atoms with E-state index in [1.165, 1.54) is 12.1 Å². The van der Waals surface area contributed by atoms with Gasteiger partial charge in [0, 0.05) is 11.6 Å². The van der Waals surface area contributed by atoms with Gasteiger partial charge in [0.05, 0.1) is 11.0 Å². The normalized spacial score (nSPS) is 10.7.